The van der Waals surface area contributed by atoms with Crippen LogP contribution in [0.4, 0.5) is 22.7 Å². The van der Waals surface area contributed by atoms with Gasteiger partial charge in [0.2, 0.25) is 20.0 Å². The average molecular weight is 1210 g/mol. The number of primary amides is 1. The minimum atomic E-state index is -4.00. The van der Waals surface area contributed by atoms with Crippen LogP contribution in [0.5, 0.6) is 5.75 Å². The van der Waals surface area contributed by atoms with Gasteiger partial charge in [0.05, 0.1) is 47.2 Å². The number of hydrogen-bond acceptors (Lipinski definition) is 13. The van der Waals surface area contributed by atoms with Crippen LogP contribution in [0.2, 0.25) is 0 Å². The number of hydroxylamine groups is 1. The van der Waals surface area contributed by atoms with Gasteiger partial charge >= 0.3 is 0 Å². The third-order valence-corrected chi connectivity index (χ3v) is 16.2. The Morgan fingerprint density at radius 2 is 1.37 bits per heavy atom. The number of carbonyl (C=O) groups is 2. The Bertz CT molecular complexity index is 2970. The number of benzene rings is 4. The summed E-state index contributed by atoms with van der Waals surface area (Å²) < 4.78 is 65.0. The van der Waals surface area contributed by atoms with E-state index in [1.54, 1.807) is 43.0 Å². The monoisotopic (exact) mass is 1210 g/mol. The highest BCUT2D eigenvalue weighted by atomic mass is 127. The van der Waals surface area contributed by atoms with E-state index in [0.717, 1.165) is 44.0 Å². The number of nitrogens with zero attached hydrogens (tertiary/aromatic N) is 4. The lowest BCUT2D eigenvalue weighted by Gasteiger charge is -2.23. The second-order valence-corrected chi connectivity index (χ2v) is 23.1. The first kappa shape index (κ1) is 52.5. The molecular weight excluding hydrogens is 1160 g/mol. The number of nitrogens with one attached hydrogen (secondary N) is 3. The van der Waals surface area contributed by atoms with E-state index in [-0.39, 0.29) is 58.6 Å². The van der Waals surface area contributed by atoms with E-state index in [1.165, 1.54) is 46.0 Å². The lowest BCUT2D eigenvalue weighted by Crippen LogP contribution is -2.33. The van der Waals surface area contributed by atoms with E-state index < -0.39 is 31.9 Å². The van der Waals surface area contributed by atoms with Crippen molar-refractivity contribution >= 4 is 99.8 Å². The lowest BCUT2D eigenvalue weighted by atomic mass is 10.1. The molecule has 0 atom stereocenters. The molecule has 21 heteroatoms. The van der Waals surface area contributed by atoms with Crippen molar-refractivity contribution in [2.24, 2.45) is 17.6 Å². The molecule has 2 fully saturated rings. The molecule has 0 aliphatic heterocycles. The molecule has 0 spiro atoms. The van der Waals surface area contributed by atoms with Gasteiger partial charge in [-0.05, 0) is 191 Å². The zero-order valence-electron chi connectivity index (χ0n) is 38.0. The summed E-state index contributed by atoms with van der Waals surface area (Å²) in [5.74, 6) is -0.222. The highest BCUT2D eigenvalue weighted by Crippen LogP contribution is 2.41. The number of aliphatic hydroxyl groups excluding tert-OH is 1. The first-order chi connectivity index (χ1) is 33.6. The fourth-order valence-corrected chi connectivity index (χ4v) is 10.3. The normalized spacial score (nSPS) is 13.6. The molecular formula is C49H52I2N8O9S2. The Labute approximate surface area is 434 Å². The van der Waals surface area contributed by atoms with Crippen LogP contribution in [0.15, 0.2) is 138 Å². The van der Waals surface area contributed by atoms with E-state index in [9.17, 15) is 31.5 Å². The summed E-state index contributed by atoms with van der Waals surface area (Å²) in [5, 5.41) is 15.9. The average Bonchev–Trinajstić information content (AvgIpc) is 4.30. The molecule has 2 amide bonds. The molecule has 0 bridgehead atoms. The Balaban J connectivity index is 0.000000207. The summed E-state index contributed by atoms with van der Waals surface area (Å²) >= 11 is 4.39. The van der Waals surface area contributed by atoms with E-state index in [0.29, 0.717) is 42.1 Å². The summed E-state index contributed by atoms with van der Waals surface area (Å²) in [6.45, 7) is 0.596. The number of rotatable bonds is 22. The molecule has 2 heterocycles. The summed E-state index contributed by atoms with van der Waals surface area (Å²) in [6.07, 6.45) is 10.7. The molecule has 17 nitrogen and oxygen atoms in total. The van der Waals surface area contributed by atoms with E-state index in [1.807, 2.05) is 54.6 Å². The second-order valence-electron chi connectivity index (χ2n) is 16.6. The smallest absolute Gasteiger partial charge is 0.276 e. The number of sulfonamides is 2. The summed E-state index contributed by atoms with van der Waals surface area (Å²) in [7, 11) is -6.47. The molecule has 2 aliphatic rings. The summed E-state index contributed by atoms with van der Waals surface area (Å²) in [5.41, 5.74) is 11.9. The van der Waals surface area contributed by atoms with Crippen LogP contribution in [0, 0.1) is 19.0 Å². The van der Waals surface area contributed by atoms with Crippen molar-refractivity contribution in [1.29, 1.82) is 0 Å². The Morgan fingerprint density at radius 3 is 1.97 bits per heavy atom. The van der Waals surface area contributed by atoms with Gasteiger partial charge in [-0.25, -0.2) is 22.3 Å². The Kier molecular flexibility index (Phi) is 18.2. The number of anilines is 4. The maximum atomic E-state index is 13.6. The van der Waals surface area contributed by atoms with Gasteiger partial charge in [0, 0.05) is 70.0 Å². The second kappa shape index (κ2) is 24.2. The molecule has 0 radical (unpaired) electrons. The van der Waals surface area contributed by atoms with Crippen LogP contribution < -0.4 is 26.6 Å². The first-order valence-corrected chi connectivity index (χ1v) is 27.2. The van der Waals surface area contributed by atoms with Gasteiger partial charge < -0.3 is 26.2 Å². The van der Waals surface area contributed by atoms with E-state index in [4.69, 9.17) is 15.3 Å². The van der Waals surface area contributed by atoms with Crippen LogP contribution in [0.25, 0.3) is 0 Å². The van der Waals surface area contributed by atoms with Gasteiger partial charge in [0.15, 0.2) is 5.75 Å². The Hall–Kier alpha value is -5.28. The summed E-state index contributed by atoms with van der Waals surface area (Å²) in [6, 6.07) is 29.1. The highest BCUT2D eigenvalue weighted by Gasteiger charge is 2.32. The third kappa shape index (κ3) is 14.4. The molecule has 0 unspecified atom stereocenters. The molecule has 2 aliphatic carbocycles. The van der Waals surface area contributed by atoms with Gasteiger partial charge in [-0.2, -0.15) is 8.61 Å². The molecule has 6 N–H and O–H groups in total. The quantitative estimate of drug-likeness (QED) is 0.0323. The number of amides is 2. The number of pyridine rings is 2. The van der Waals surface area contributed by atoms with Crippen LogP contribution in [-0.4, -0.2) is 85.7 Å². The number of hydrogen-bond donors (Lipinski definition) is 5. The van der Waals surface area contributed by atoms with Crippen LogP contribution in [-0.2, 0) is 38.0 Å². The van der Waals surface area contributed by atoms with E-state index in [2.05, 4.69) is 71.3 Å². The molecule has 2 aromatic heterocycles. The van der Waals surface area contributed by atoms with Crippen molar-refractivity contribution in [3.8, 4) is 5.75 Å². The Morgan fingerprint density at radius 1 is 0.743 bits per heavy atom. The molecule has 70 heavy (non-hydrogen) atoms. The molecule has 368 valence electrons. The van der Waals surface area contributed by atoms with Crippen molar-refractivity contribution in [2.75, 3.05) is 44.0 Å². The third-order valence-electron chi connectivity index (χ3n) is 11.1. The van der Waals surface area contributed by atoms with Gasteiger partial charge in [-0.3, -0.25) is 24.4 Å². The topological polar surface area (TPSA) is 235 Å². The minimum absolute atomic E-state index is 0.00605. The van der Waals surface area contributed by atoms with E-state index >= 15 is 0 Å². The largest absolute Gasteiger partial charge is 0.490 e. The van der Waals surface area contributed by atoms with Crippen molar-refractivity contribution < 1.29 is 41.1 Å². The van der Waals surface area contributed by atoms with Gasteiger partial charge in [-0.15, -0.1) is 0 Å². The number of aliphatic hydroxyl groups is 1. The maximum Gasteiger partial charge on any atom is 0.276 e. The summed E-state index contributed by atoms with van der Waals surface area (Å²) in [4.78, 5) is 38.5. The molecule has 4 aromatic carbocycles. The van der Waals surface area contributed by atoms with Crippen molar-refractivity contribution in [3.63, 3.8) is 0 Å². The highest BCUT2D eigenvalue weighted by molar-refractivity contribution is 14.1. The number of aromatic nitrogens is 2. The number of halogens is 2. The molecule has 0 saturated heterocycles. The lowest BCUT2D eigenvalue weighted by molar-refractivity contribution is 0.0271. The SMILES string of the molecule is CN(Cc1cccnc1)S(=O)(=O)c1ccc(C(N)=O)c(Nc2ccc(I)cc2)c1OCC1CC1.O=C(NOCC1CC1)c1ccc(S(=O)(=O)N(CCO)Cc2ccncc2)cc1Nc1ccc(I)cc1. The maximum absolute atomic E-state index is 13.6. The molecule has 6 aromatic rings. The van der Waals surface area contributed by atoms with Crippen molar-refractivity contribution in [1.82, 2.24) is 24.1 Å². The van der Waals surface area contributed by atoms with Gasteiger partial charge in [-0.1, -0.05) is 6.07 Å². The van der Waals surface area contributed by atoms with Crippen LogP contribution >= 0.6 is 45.2 Å². The van der Waals surface area contributed by atoms with Crippen molar-refractivity contribution in [2.45, 2.75) is 48.6 Å². The van der Waals surface area contributed by atoms with Crippen LogP contribution in [0.1, 0.15) is 57.5 Å². The predicted molar refractivity (Wildman–Crippen MR) is 282 cm³/mol. The molecule has 2 saturated carbocycles. The minimum Gasteiger partial charge on any atom is -0.490 e. The zero-order chi connectivity index (χ0) is 49.8. The van der Waals surface area contributed by atoms with Gasteiger partial charge in [0.25, 0.3) is 11.8 Å². The standard InChI is InChI=1S/C25H27IN4O5S.C24H25IN4O4S/c26-20-3-5-21(6-4-20)28-24-15-22(7-8-23(24)25(32)29-35-17-19-1-2-19)36(33,34)30(13-14-31)16-18-9-11-27-12-10-18;1-29(14-17-3-2-12-27-13-17)34(31,32)21-11-10-20(24(26)30)22(23(21)33-15-16-4-5-16)28-19-8-6-18(25)7-9-19/h3-12,15,19,28,31H,1-2,13-14,16-17H2,(H,29,32);2-3,6-13,16,28H,4-5,14-15H2,1H3,(H2,26,30). The van der Waals surface area contributed by atoms with Gasteiger partial charge in [0.1, 0.15) is 4.90 Å². The molecule has 8 rings (SSSR count). The number of nitrogens with two attached hydrogens (primary N) is 1. The van der Waals surface area contributed by atoms with Crippen LogP contribution in [0.3, 0.4) is 0 Å². The van der Waals surface area contributed by atoms with Crippen molar-refractivity contribution in [3.05, 3.63) is 157 Å². The fourth-order valence-electron chi connectivity index (χ4n) is 6.88. The number of ether oxygens (including phenoxy) is 1. The first-order valence-electron chi connectivity index (χ1n) is 22.2. The zero-order valence-corrected chi connectivity index (χ0v) is 43.9. The predicted octanol–water partition coefficient (Wildman–Crippen LogP) is 7.82. The number of carbonyl (C=O) groups excluding carboxylic acids is 2. The fraction of sp³-hybridized carbons (Fsp3) is 0.265.